The summed E-state index contributed by atoms with van der Waals surface area (Å²) in [7, 11) is 0. The number of Topliss-reactive ketones (excluding diaryl/α,β-unsaturated/α-hetero) is 1. The molecule has 0 radical (unpaired) electrons. The van der Waals surface area contributed by atoms with Gasteiger partial charge in [-0.3, -0.25) is 0 Å². The molecule has 4 rings (SSSR count). The molecule has 2 bridgehead atoms. The molecule has 0 unspecified atom stereocenters. The normalized spacial score (nSPS) is 57.1. The smallest absolute Gasteiger partial charge is 0.130 e. The first-order chi connectivity index (χ1) is 10.7. The number of ether oxygens (including phenoxy) is 2. The lowest BCUT2D eigenvalue weighted by molar-refractivity contribution is -0.222. The maximum Gasteiger partial charge on any atom is 0.130 e. The standard InChI is InChI=1S/C17H24O6/c1-8-4-11-16(5-9(2)18,6-10(8)19)15(3)13(21)12(20)14(23-11)17(15)7-22-17/h4,10-14,19-21H,5-7H2,1-3H3/t10-,11+,12+,13+,14+,15+,16-,17-/m0/s1. The molecule has 6 heteroatoms. The van der Waals surface area contributed by atoms with Gasteiger partial charge in [-0.1, -0.05) is 13.0 Å². The summed E-state index contributed by atoms with van der Waals surface area (Å²) < 4.78 is 11.9. The minimum atomic E-state index is -1.06. The van der Waals surface area contributed by atoms with Gasteiger partial charge in [0.15, 0.2) is 0 Å². The molecule has 3 fully saturated rings. The zero-order valence-corrected chi connectivity index (χ0v) is 13.7. The van der Waals surface area contributed by atoms with Crippen molar-refractivity contribution in [3.05, 3.63) is 11.6 Å². The van der Waals surface area contributed by atoms with Crippen molar-refractivity contribution in [1.29, 1.82) is 0 Å². The summed E-state index contributed by atoms with van der Waals surface area (Å²) in [5.41, 5.74) is -1.61. The van der Waals surface area contributed by atoms with Crippen LogP contribution in [0.3, 0.4) is 0 Å². The van der Waals surface area contributed by atoms with Crippen LogP contribution in [0.15, 0.2) is 11.6 Å². The summed E-state index contributed by atoms with van der Waals surface area (Å²) in [4.78, 5) is 12.0. The Morgan fingerprint density at radius 3 is 2.61 bits per heavy atom. The third-order valence-corrected chi connectivity index (χ3v) is 6.95. The monoisotopic (exact) mass is 324 g/mol. The highest BCUT2D eigenvalue weighted by molar-refractivity contribution is 5.77. The van der Waals surface area contributed by atoms with Crippen molar-refractivity contribution in [3.8, 4) is 0 Å². The van der Waals surface area contributed by atoms with Crippen molar-refractivity contribution < 1.29 is 29.6 Å². The predicted octanol–water partition coefficient (Wildman–Crippen LogP) is -0.0591. The molecule has 2 aliphatic carbocycles. The quantitative estimate of drug-likeness (QED) is 0.486. The molecule has 0 aromatic carbocycles. The molecule has 4 aliphatic rings. The van der Waals surface area contributed by atoms with Crippen molar-refractivity contribution in [2.75, 3.05) is 6.61 Å². The van der Waals surface area contributed by atoms with Crippen LogP contribution in [0, 0.1) is 10.8 Å². The van der Waals surface area contributed by atoms with Crippen LogP contribution in [0.2, 0.25) is 0 Å². The topological polar surface area (TPSA) is 99.5 Å². The fourth-order valence-electron chi connectivity index (χ4n) is 5.54. The molecular formula is C17H24O6. The van der Waals surface area contributed by atoms with Gasteiger partial charge in [0.1, 0.15) is 23.6 Å². The summed E-state index contributed by atoms with van der Waals surface area (Å²) in [6.45, 7) is 5.62. The Morgan fingerprint density at radius 2 is 2.04 bits per heavy atom. The van der Waals surface area contributed by atoms with Crippen LogP contribution in [-0.2, 0) is 14.3 Å². The van der Waals surface area contributed by atoms with Gasteiger partial charge in [0, 0.05) is 17.3 Å². The van der Waals surface area contributed by atoms with E-state index in [4.69, 9.17) is 9.47 Å². The molecule has 6 nitrogen and oxygen atoms in total. The Kier molecular flexibility index (Phi) is 3.03. The number of epoxide rings is 1. The van der Waals surface area contributed by atoms with Crippen LogP contribution < -0.4 is 0 Å². The second-order valence-corrected chi connectivity index (χ2v) is 7.96. The van der Waals surface area contributed by atoms with E-state index in [0.29, 0.717) is 13.0 Å². The summed E-state index contributed by atoms with van der Waals surface area (Å²) in [6, 6.07) is 0. The number of rotatable bonds is 2. The van der Waals surface area contributed by atoms with E-state index in [-0.39, 0.29) is 12.2 Å². The maximum absolute atomic E-state index is 12.0. The Morgan fingerprint density at radius 1 is 1.39 bits per heavy atom. The second kappa shape index (κ2) is 4.43. The lowest BCUT2D eigenvalue weighted by atomic mass is 9.49. The van der Waals surface area contributed by atoms with Gasteiger partial charge >= 0.3 is 0 Å². The van der Waals surface area contributed by atoms with Gasteiger partial charge in [0.2, 0.25) is 0 Å². The molecule has 2 saturated heterocycles. The highest BCUT2D eigenvalue weighted by Crippen LogP contribution is 2.72. The number of carbonyl (C=O) groups is 1. The molecule has 8 atom stereocenters. The Labute approximate surface area is 135 Å². The van der Waals surface area contributed by atoms with Crippen LogP contribution in [0.4, 0.5) is 0 Å². The molecule has 1 saturated carbocycles. The van der Waals surface area contributed by atoms with Crippen molar-refractivity contribution in [1.82, 2.24) is 0 Å². The van der Waals surface area contributed by atoms with E-state index in [1.54, 1.807) is 0 Å². The Bertz CT molecular complexity index is 596. The molecule has 0 aromatic rings. The van der Waals surface area contributed by atoms with Gasteiger partial charge < -0.3 is 29.6 Å². The molecule has 0 amide bonds. The van der Waals surface area contributed by atoms with Gasteiger partial charge in [-0.25, -0.2) is 0 Å². The zero-order chi connectivity index (χ0) is 16.8. The van der Waals surface area contributed by atoms with Crippen molar-refractivity contribution in [3.63, 3.8) is 0 Å². The third-order valence-electron chi connectivity index (χ3n) is 6.95. The van der Waals surface area contributed by atoms with Crippen LogP contribution in [0.5, 0.6) is 0 Å². The highest BCUT2D eigenvalue weighted by atomic mass is 16.6. The Balaban J connectivity index is 1.93. The minimum Gasteiger partial charge on any atom is -0.390 e. The molecule has 0 aromatic heterocycles. The number of hydrogen-bond acceptors (Lipinski definition) is 6. The molecule has 2 heterocycles. The van der Waals surface area contributed by atoms with E-state index >= 15 is 0 Å². The summed E-state index contributed by atoms with van der Waals surface area (Å²) in [5.74, 6) is -0.0252. The molecule has 1 spiro atoms. The molecule has 3 N–H and O–H groups in total. The van der Waals surface area contributed by atoms with Crippen molar-refractivity contribution in [2.45, 2.75) is 69.7 Å². The molecule has 128 valence electrons. The number of fused-ring (bicyclic) bond motifs is 2. The number of aliphatic hydroxyl groups excluding tert-OH is 3. The first kappa shape index (κ1) is 15.7. The number of aliphatic hydroxyl groups is 3. The van der Waals surface area contributed by atoms with E-state index in [9.17, 15) is 20.1 Å². The summed E-state index contributed by atoms with van der Waals surface area (Å²) >= 11 is 0. The van der Waals surface area contributed by atoms with Crippen LogP contribution in [0.1, 0.15) is 33.6 Å². The average molecular weight is 324 g/mol. The van der Waals surface area contributed by atoms with Crippen molar-refractivity contribution >= 4 is 5.78 Å². The van der Waals surface area contributed by atoms with Crippen LogP contribution in [0.25, 0.3) is 0 Å². The van der Waals surface area contributed by atoms with Crippen LogP contribution >= 0.6 is 0 Å². The highest BCUT2D eigenvalue weighted by Gasteiger charge is 2.84. The third kappa shape index (κ3) is 1.59. The molecule has 23 heavy (non-hydrogen) atoms. The first-order valence-corrected chi connectivity index (χ1v) is 8.21. The fraction of sp³-hybridized carbons (Fsp3) is 0.824. The predicted molar refractivity (Wildman–Crippen MR) is 79.6 cm³/mol. The minimum absolute atomic E-state index is 0.0252. The second-order valence-electron chi connectivity index (χ2n) is 7.96. The maximum atomic E-state index is 12.0. The van der Waals surface area contributed by atoms with Gasteiger partial charge in [0.25, 0.3) is 0 Å². The van der Waals surface area contributed by atoms with E-state index in [1.165, 1.54) is 6.92 Å². The van der Waals surface area contributed by atoms with E-state index in [0.717, 1.165) is 5.57 Å². The van der Waals surface area contributed by atoms with Gasteiger partial charge in [-0.05, 0) is 25.8 Å². The Hall–Kier alpha value is -0.790. The van der Waals surface area contributed by atoms with Gasteiger partial charge in [0.05, 0.1) is 24.9 Å². The van der Waals surface area contributed by atoms with Gasteiger partial charge in [-0.15, -0.1) is 0 Å². The summed E-state index contributed by atoms with van der Waals surface area (Å²) in [5, 5.41) is 31.8. The van der Waals surface area contributed by atoms with Crippen LogP contribution in [-0.4, -0.2) is 63.8 Å². The van der Waals surface area contributed by atoms with Gasteiger partial charge in [-0.2, -0.15) is 0 Å². The molecular weight excluding hydrogens is 300 g/mol. The first-order valence-electron chi connectivity index (χ1n) is 8.21. The largest absolute Gasteiger partial charge is 0.390 e. The van der Waals surface area contributed by atoms with E-state index in [2.05, 4.69) is 0 Å². The zero-order valence-electron chi connectivity index (χ0n) is 13.7. The number of hydrogen-bond donors (Lipinski definition) is 3. The average Bonchev–Trinajstić information content (AvgIpc) is 3.24. The number of ketones is 1. The lowest BCUT2D eigenvalue weighted by Gasteiger charge is -2.59. The summed E-state index contributed by atoms with van der Waals surface area (Å²) in [6.07, 6.45) is -1.49. The van der Waals surface area contributed by atoms with Crippen molar-refractivity contribution in [2.24, 2.45) is 10.8 Å². The lowest BCUT2D eigenvalue weighted by Crippen LogP contribution is -2.66. The fourth-order valence-corrected chi connectivity index (χ4v) is 5.54. The SMILES string of the molecule is CC(=O)C[C@]12C[C@H](O)C(C)=C[C@H]1O[C@@H]1[C@H](O)[C@@H](O)[C@@]2(C)[C@]12CO2. The number of carbonyl (C=O) groups excluding carboxylic acids is 1. The van der Waals surface area contributed by atoms with E-state index < -0.39 is 47.0 Å². The molecule has 2 aliphatic heterocycles. The van der Waals surface area contributed by atoms with E-state index in [1.807, 2.05) is 19.9 Å².